The monoisotopic (exact) mass is 361 g/mol. The fourth-order valence-corrected chi connectivity index (χ4v) is 1.95. The first-order chi connectivity index (χ1) is 12.4. The van der Waals surface area contributed by atoms with Crippen LogP contribution in [-0.2, 0) is 6.54 Å². The van der Waals surface area contributed by atoms with E-state index in [0.717, 1.165) is 5.56 Å². The van der Waals surface area contributed by atoms with Gasteiger partial charge in [-0.1, -0.05) is 48.0 Å². The Kier molecular flexibility index (Phi) is 9.37. The number of nitrogens with zero attached hydrogens (tertiary/aromatic N) is 2. The van der Waals surface area contributed by atoms with E-state index in [-0.39, 0.29) is 17.3 Å². The Morgan fingerprint density at radius 1 is 1.15 bits per heavy atom. The summed E-state index contributed by atoms with van der Waals surface area (Å²) in [5.74, 6) is 0. The number of rotatable bonds is 7. The molecule has 1 amide bonds. The summed E-state index contributed by atoms with van der Waals surface area (Å²) < 4.78 is 0. The summed E-state index contributed by atoms with van der Waals surface area (Å²) in [5, 5.41) is 31.0. The lowest BCUT2D eigenvalue weighted by molar-refractivity contribution is -0.384. The van der Waals surface area contributed by atoms with Crippen LogP contribution in [0.4, 0.5) is 10.5 Å². The van der Waals surface area contributed by atoms with E-state index in [2.05, 4.69) is 24.4 Å². The first kappa shape index (κ1) is 21.1. The molecule has 8 heteroatoms. The molecule has 140 valence electrons. The van der Waals surface area contributed by atoms with Crippen molar-refractivity contribution in [2.75, 3.05) is 13.1 Å². The molecule has 0 fully saturated rings. The number of benzene rings is 2. The Labute approximate surface area is 151 Å². The molecule has 0 atom stereocenters. The molecule has 3 N–H and O–H groups in total. The fraction of sp³-hybridized carbons (Fsp3) is 0.278. The number of hydrogen-bond donors (Lipinski definition) is 3. The summed E-state index contributed by atoms with van der Waals surface area (Å²) in [7, 11) is 0. The second-order valence-corrected chi connectivity index (χ2v) is 5.51. The number of nitro benzene ring substituents is 1. The largest absolute Gasteiger partial charge is 0.463 e. The molecular formula is C18H23N3O5. The number of hydroxylamine groups is 2. The number of carbonyl (C=O) groups is 1. The van der Waals surface area contributed by atoms with Gasteiger partial charge in [0, 0.05) is 18.7 Å². The number of aryl methyl sites for hydroxylation is 1. The van der Waals surface area contributed by atoms with Crippen molar-refractivity contribution in [3.8, 4) is 0 Å². The Bertz CT molecular complexity index is 677. The fourth-order valence-electron chi connectivity index (χ4n) is 1.95. The summed E-state index contributed by atoms with van der Waals surface area (Å²) in [6.07, 6.45) is -0.911. The smallest absolute Gasteiger partial charge is 0.431 e. The van der Waals surface area contributed by atoms with E-state index in [4.69, 9.17) is 10.3 Å². The van der Waals surface area contributed by atoms with Crippen molar-refractivity contribution in [2.24, 2.45) is 0 Å². The van der Waals surface area contributed by atoms with Gasteiger partial charge in [-0.2, -0.15) is 5.06 Å². The Morgan fingerprint density at radius 2 is 1.77 bits per heavy atom. The van der Waals surface area contributed by atoms with Crippen LogP contribution in [0.3, 0.4) is 0 Å². The first-order valence-electron chi connectivity index (χ1n) is 8.05. The average molecular weight is 361 g/mol. The maximum absolute atomic E-state index is 10.4. The van der Waals surface area contributed by atoms with E-state index < -0.39 is 11.0 Å². The van der Waals surface area contributed by atoms with Crippen LogP contribution in [0.5, 0.6) is 0 Å². The number of nitrogens with one attached hydrogen (secondary N) is 1. The summed E-state index contributed by atoms with van der Waals surface area (Å²) in [5.41, 5.74) is 2.26. The molecule has 0 radical (unpaired) electrons. The van der Waals surface area contributed by atoms with E-state index in [1.165, 1.54) is 17.7 Å². The number of nitro groups is 1. The van der Waals surface area contributed by atoms with Crippen LogP contribution in [0.25, 0.3) is 0 Å². The lowest BCUT2D eigenvalue weighted by atomic mass is 10.2. The van der Waals surface area contributed by atoms with Crippen LogP contribution in [0, 0.1) is 17.0 Å². The third-order valence-corrected chi connectivity index (χ3v) is 3.36. The number of amides is 1. The van der Waals surface area contributed by atoms with Crippen LogP contribution in [-0.4, -0.2) is 39.5 Å². The molecule has 0 spiro atoms. The lowest BCUT2D eigenvalue weighted by Gasteiger charge is -2.10. The van der Waals surface area contributed by atoms with Crippen LogP contribution < -0.4 is 5.32 Å². The molecular weight excluding hydrogens is 338 g/mol. The summed E-state index contributed by atoms with van der Waals surface area (Å²) in [6, 6.07) is 16.4. The molecule has 2 aromatic rings. The third kappa shape index (κ3) is 8.76. The Hall–Kier alpha value is -2.97. The van der Waals surface area contributed by atoms with Crippen molar-refractivity contribution < 1.29 is 20.0 Å². The van der Waals surface area contributed by atoms with Crippen LogP contribution in [0.2, 0.25) is 0 Å². The van der Waals surface area contributed by atoms with Gasteiger partial charge in [-0.3, -0.25) is 15.3 Å². The zero-order valence-electron chi connectivity index (χ0n) is 14.5. The Morgan fingerprint density at radius 3 is 2.23 bits per heavy atom. The van der Waals surface area contributed by atoms with Crippen molar-refractivity contribution in [2.45, 2.75) is 19.9 Å². The second kappa shape index (κ2) is 11.6. The van der Waals surface area contributed by atoms with Gasteiger partial charge < -0.3 is 10.4 Å². The molecule has 26 heavy (non-hydrogen) atoms. The maximum Gasteiger partial charge on any atom is 0.431 e. The van der Waals surface area contributed by atoms with Gasteiger partial charge >= 0.3 is 6.09 Å². The van der Waals surface area contributed by atoms with Gasteiger partial charge in [0.15, 0.2) is 0 Å². The van der Waals surface area contributed by atoms with Crippen molar-refractivity contribution in [3.63, 3.8) is 0 Å². The summed E-state index contributed by atoms with van der Waals surface area (Å²) >= 11 is 0. The molecule has 0 aliphatic rings. The molecule has 0 aromatic heterocycles. The highest BCUT2D eigenvalue weighted by atomic mass is 16.6. The maximum atomic E-state index is 10.4. The molecule has 8 nitrogen and oxygen atoms in total. The normalized spacial score (nSPS) is 9.77. The van der Waals surface area contributed by atoms with Crippen molar-refractivity contribution >= 4 is 11.8 Å². The zero-order valence-corrected chi connectivity index (χ0v) is 14.5. The highest BCUT2D eigenvalue weighted by molar-refractivity contribution is 5.63. The molecule has 2 aromatic carbocycles. The van der Waals surface area contributed by atoms with Crippen molar-refractivity contribution in [1.82, 2.24) is 10.4 Å². The van der Waals surface area contributed by atoms with Gasteiger partial charge in [-0.05, 0) is 25.5 Å². The van der Waals surface area contributed by atoms with E-state index in [1.807, 2.05) is 18.2 Å². The standard InChI is InChI=1S/C11H15N3O5.C7H8/c15-11(16)13(17)7-1-6-12-8-9-2-4-10(5-3-9)14(18)19;1-7-5-3-2-4-6-7/h2-5,12,17H,1,6-8H2,(H,15,16);2-6H,1H3. The molecule has 0 saturated heterocycles. The van der Waals surface area contributed by atoms with Crippen LogP contribution in [0.1, 0.15) is 17.5 Å². The average Bonchev–Trinajstić information content (AvgIpc) is 2.62. The number of hydrogen-bond acceptors (Lipinski definition) is 5. The van der Waals surface area contributed by atoms with E-state index in [1.54, 1.807) is 12.1 Å². The summed E-state index contributed by atoms with van der Waals surface area (Å²) in [6.45, 7) is 3.17. The molecule has 0 saturated carbocycles. The third-order valence-electron chi connectivity index (χ3n) is 3.36. The molecule has 2 rings (SSSR count). The predicted octanol–water partition coefficient (Wildman–Crippen LogP) is 3.44. The van der Waals surface area contributed by atoms with Gasteiger partial charge in [-0.15, -0.1) is 0 Å². The van der Waals surface area contributed by atoms with Crippen molar-refractivity contribution in [1.29, 1.82) is 0 Å². The van der Waals surface area contributed by atoms with Crippen molar-refractivity contribution in [3.05, 3.63) is 75.8 Å². The van der Waals surface area contributed by atoms with Crippen LogP contribution >= 0.6 is 0 Å². The zero-order chi connectivity index (χ0) is 19.4. The van der Waals surface area contributed by atoms with Gasteiger partial charge in [0.2, 0.25) is 0 Å². The minimum absolute atomic E-state index is 0.0304. The molecule has 0 unspecified atom stereocenters. The predicted molar refractivity (Wildman–Crippen MR) is 97.1 cm³/mol. The van der Waals surface area contributed by atoms with Gasteiger partial charge in [-0.25, -0.2) is 4.79 Å². The minimum atomic E-state index is -1.38. The first-order valence-corrected chi connectivity index (χ1v) is 8.05. The quantitative estimate of drug-likeness (QED) is 0.301. The molecule has 0 bridgehead atoms. The highest BCUT2D eigenvalue weighted by Gasteiger charge is 2.06. The Balaban J connectivity index is 0.000000401. The second-order valence-electron chi connectivity index (χ2n) is 5.51. The van der Waals surface area contributed by atoms with Gasteiger partial charge in [0.1, 0.15) is 0 Å². The van der Waals surface area contributed by atoms with Gasteiger partial charge in [0.05, 0.1) is 11.5 Å². The van der Waals surface area contributed by atoms with E-state index in [0.29, 0.717) is 19.5 Å². The molecule has 0 aliphatic carbocycles. The van der Waals surface area contributed by atoms with Crippen LogP contribution in [0.15, 0.2) is 54.6 Å². The highest BCUT2D eigenvalue weighted by Crippen LogP contribution is 2.11. The van der Waals surface area contributed by atoms with Gasteiger partial charge in [0.25, 0.3) is 5.69 Å². The topological polar surface area (TPSA) is 116 Å². The SMILES string of the molecule is Cc1ccccc1.O=C(O)N(O)CCCNCc1ccc([N+](=O)[O-])cc1. The summed E-state index contributed by atoms with van der Waals surface area (Å²) in [4.78, 5) is 20.3. The number of carboxylic acid groups (broad SMARTS) is 1. The minimum Gasteiger partial charge on any atom is -0.463 e. The molecule has 0 aliphatic heterocycles. The number of non-ortho nitro benzene ring substituents is 1. The lowest BCUT2D eigenvalue weighted by Crippen LogP contribution is -2.28. The van der Waals surface area contributed by atoms with E-state index in [9.17, 15) is 14.9 Å². The molecule has 0 heterocycles. The van der Waals surface area contributed by atoms with E-state index >= 15 is 0 Å².